The molecule has 0 N–H and O–H groups in total. The molecular formula is C11H13NO3. The second kappa shape index (κ2) is 5.11. The fraction of sp³-hybridized carbons (Fsp3) is 0.364. The lowest BCUT2D eigenvalue weighted by Gasteiger charge is -2.14. The summed E-state index contributed by atoms with van der Waals surface area (Å²) in [6, 6.07) is 7.26. The summed E-state index contributed by atoms with van der Waals surface area (Å²) in [5, 5.41) is 8.64. The van der Waals surface area contributed by atoms with Crippen LogP contribution in [-0.4, -0.2) is 20.3 Å². The maximum Gasteiger partial charge on any atom is 0.203 e. The second-order valence-electron chi connectivity index (χ2n) is 2.88. The number of hydrogen-bond donors (Lipinski definition) is 0. The highest BCUT2D eigenvalue weighted by atomic mass is 16.5. The Morgan fingerprint density at radius 1 is 1.20 bits per heavy atom. The first-order valence-corrected chi connectivity index (χ1v) is 4.50. The Labute approximate surface area is 89.0 Å². The minimum Gasteiger partial charge on any atom is -0.493 e. The Bertz CT molecular complexity index is 371. The van der Waals surface area contributed by atoms with Crippen LogP contribution in [0.4, 0.5) is 0 Å². The highest BCUT2D eigenvalue weighted by Crippen LogP contribution is 2.36. The molecule has 0 bridgehead atoms. The molecule has 15 heavy (non-hydrogen) atoms. The van der Waals surface area contributed by atoms with Crippen molar-refractivity contribution in [2.24, 2.45) is 0 Å². The SMILES string of the molecule is COc1cccc(OC(C)C#N)c1OC. The summed E-state index contributed by atoms with van der Waals surface area (Å²) in [4.78, 5) is 0. The van der Waals surface area contributed by atoms with E-state index in [-0.39, 0.29) is 0 Å². The van der Waals surface area contributed by atoms with Gasteiger partial charge in [-0.3, -0.25) is 0 Å². The summed E-state index contributed by atoms with van der Waals surface area (Å²) >= 11 is 0. The number of benzene rings is 1. The zero-order valence-corrected chi connectivity index (χ0v) is 8.98. The van der Waals surface area contributed by atoms with Crippen LogP contribution < -0.4 is 14.2 Å². The van der Waals surface area contributed by atoms with Crippen molar-refractivity contribution in [3.8, 4) is 23.3 Å². The van der Waals surface area contributed by atoms with Crippen molar-refractivity contribution in [2.45, 2.75) is 13.0 Å². The van der Waals surface area contributed by atoms with Crippen molar-refractivity contribution in [2.75, 3.05) is 14.2 Å². The molecule has 80 valence electrons. The summed E-state index contributed by atoms with van der Waals surface area (Å²) < 4.78 is 15.6. The predicted molar refractivity (Wildman–Crippen MR) is 55.2 cm³/mol. The first-order chi connectivity index (χ1) is 7.22. The van der Waals surface area contributed by atoms with E-state index in [0.717, 1.165) is 0 Å². The minimum absolute atomic E-state index is 0.502. The number of rotatable bonds is 4. The maximum atomic E-state index is 8.64. The van der Waals surface area contributed by atoms with Crippen LogP contribution in [0, 0.1) is 11.3 Å². The smallest absolute Gasteiger partial charge is 0.203 e. The standard InChI is InChI=1S/C11H13NO3/c1-8(7-12)15-10-6-4-5-9(13-2)11(10)14-3/h4-6,8H,1-3H3. The Morgan fingerprint density at radius 2 is 1.87 bits per heavy atom. The van der Waals surface area contributed by atoms with E-state index in [2.05, 4.69) is 0 Å². The van der Waals surface area contributed by atoms with Gasteiger partial charge in [0.1, 0.15) is 6.07 Å². The molecule has 0 radical (unpaired) electrons. The molecule has 0 aromatic heterocycles. The van der Waals surface area contributed by atoms with Crippen molar-refractivity contribution < 1.29 is 14.2 Å². The largest absolute Gasteiger partial charge is 0.493 e. The molecule has 1 rings (SSSR count). The number of para-hydroxylation sites is 1. The molecule has 1 aromatic carbocycles. The lowest BCUT2D eigenvalue weighted by Crippen LogP contribution is -2.09. The van der Waals surface area contributed by atoms with Crippen molar-refractivity contribution in [3.05, 3.63) is 18.2 Å². The number of hydrogen-bond acceptors (Lipinski definition) is 4. The summed E-state index contributed by atoms with van der Waals surface area (Å²) in [5.74, 6) is 1.59. The summed E-state index contributed by atoms with van der Waals surface area (Å²) in [6.45, 7) is 1.67. The van der Waals surface area contributed by atoms with Crippen LogP contribution in [0.2, 0.25) is 0 Å². The third-order valence-corrected chi connectivity index (χ3v) is 1.85. The molecule has 4 heteroatoms. The van der Waals surface area contributed by atoms with Gasteiger partial charge in [-0.15, -0.1) is 0 Å². The van der Waals surface area contributed by atoms with Gasteiger partial charge in [0.25, 0.3) is 0 Å². The van der Waals surface area contributed by atoms with E-state index >= 15 is 0 Å². The highest BCUT2D eigenvalue weighted by molar-refractivity contribution is 5.51. The Morgan fingerprint density at radius 3 is 2.40 bits per heavy atom. The summed E-state index contributed by atoms with van der Waals surface area (Å²) in [5.41, 5.74) is 0. The molecule has 1 atom stereocenters. The van der Waals surface area contributed by atoms with Crippen LogP contribution in [0.1, 0.15) is 6.92 Å². The first-order valence-electron chi connectivity index (χ1n) is 4.50. The van der Waals surface area contributed by atoms with E-state index in [9.17, 15) is 0 Å². The van der Waals surface area contributed by atoms with Crippen molar-refractivity contribution >= 4 is 0 Å². The zero-order valence-electron chi connectivity index (χ0n) is 8.98. The molecule has 0 saturated heterocycles. The van der Waals surface area contributed by atoms with Gasteiger partial charge in [0, 0.05) is 0 Å². The van der Waals surface area contributed by atoms with Gasteiger partial charge in [-0.25, -0.2) is 0 Å². The molecule has 0 aliphatic heterocycles. The van der Waals surface area contributed by atoms with Crippen molar-refractivity contribution in [1.82, 2.24) is 0 Å². The van der Waals surface area contributed by atoms with Crippen molar-refractivity contribution in [1.29, 1.82) is 5.26 Å². The van der Waals surface area contributed by atoms with E-state index in [0.29, 0.717) is 17.2 Å². The molecule has 0 aliphatic rings. The summed E-state index contributed by atoms with van der Waals surface area (Å²) in [6.07, 6.45) is -0.522. The lowest BCUT2D eigenvalue weighted by molar-refractivity contribution is 0.254. The van der Waals surface area contributed by atoms with Gasteiger partial charge in [0.05, 0.1) is 14.2 Å². The highest BCUT2D eigenvalue weighted by Gasteiger charge is 2.12. The van der Waals surface area contributed by atoms with E-state index < -0.39 is 6.10 Å². The third kappa shape index (κ3) is 2.53. The van der Waals surface area contributed by atoms with Gasteiger partial charge in [-0.1, -0.05) is 6.07 Å². The molecule has 0 fully saturated rings. The van der Waals surface area contributed by atoms with Gasteiger partial charge >= 0.3 is 0 Å². The average molecular weight is 207 g/mol. The molecular weight excluding hydrogens is 194 g/mol. The Hall–Kier alpha value is -1.89. The third-order valence-electron chi connectivity index (χ3n) is 1.85. The van der Waals surface area contributed by atoms with Crippen LogP contribution in [0.15, 0.2) is 18.2 Å². The quantitative estimate of drug-likeness (QED) is 0.757. The van der Waals surface area contributed by atoms with Crippen LogP contribution in [0.25, 0.3) is 0 Å². The van der Waals surface area contributed by atoms with Crippen LogP contribution >= 0.6 is 0 Å². The Balaban J connectivity index is 3.02. The van der Waals surface area contributed by atoms with Gasteiger partial charge in [0.15, 0.2) is 17.6 Å². The van der Waals surface area contributed by atoms with E-state index in [1.165, 1.54) is 7.11 Å². The van der Waals surface area contributed by atoms with Crippen LogP contribution in [0.3, 0.4) is 0 Å². The monoisotopic (exact) mass is 207 g/mol. The second-order valence-corrected chi connectivity index (χ2v) is 2.88. The molecule has 4 nitrogen and oxygen atoms in total. The predicted octanol–water partition coefficient (Wildman–Crippen LogP) is 1.99. The van der Waals surface area contributed by atoms with Crippen molar-refractivity contribution in [3.63, 3.8) is 0 Å². The molecule has 0 amide bonds. The normalized spacial score (nSPS) is 11.3. The number of nitrogens with zero attached hydrogens (tertiary/aromatic N) is 1. The zero-order chi connectivity index (χ0) is 11.3. The molecule has 0 spiro atoms. The van der Waals surface area contributed by atoms with Gasteiger partial charge in [-0.2, -0.15) is 5.26 Å². The van der Waals surface area contributed by atoms with E-state index in [4.69, 9.17) is 19.5 Å². The van der Waals surface area contributed by atoms with Gasteiger partial charge in [0.2, 0.25) is 5.75 Å². The molecule has 1 aromatic rings. The number of methoxy groups -OCH3 is 2. The van der Waals surface area contributed by atoms with Crippen LogP contribution in [-0.2, 0) is 0 Å². The minimum atomic E-state index is -0.522. The molecule has 0 heterocycles. The fourth-order valence-corrected chi connectivity index (χ4v) is 1.17. The molecule has 0 saturated carbocycles. The Kier molecular flexibility index (Phi) is 3.81. The van der Waals surface area contributed by atoms with Crippen LogP contribution in [0.5, 0.6) is 17.2 Å². The first kappa shape index (κ1) is 11.2. The molecule has 0 aliphatic carbocycles. The number of nitriles is 1. The van der Waals surface area contributed by atoms with E-state index in [1.807, 2.05) is 6.07 Å². The average Bonchev–Trinajstić information content (AvgIpc) is 2.28. The maximum absolute atomic E-state index is 8.64. The topological polar surface area (TPSA) is 51.5 Å². The fourth-order valence-electron chi connectivity index (χ4n) is 1.17. The van der Waals surface area contributed by atoms with E-state index in [1.54, 1.807) is 32.2 Å². The van der Waals surface area contributed by atoms with Gasteiger partial charge in [-0.05, 0) is 19.1 Å². The molecule has 1 unspecified atom stereocenters. The van der Waals surface area contributed by atoms with Gasteiger partial charge < -0.3 is 14.2 Å². The lowest BCUT2D eigenvalue weighted by atomic mass is 10.3. The summed E-state index contributed by atoms with van der Waals surface area (Å²) in [7, 11) is 3.08. The number of ether oxygens (including phenoxy) is 3.